The Bertz CT molecular complexity index is 168. The van der Waals surface area contributed by atoms with E-state index in [9.17, 15) is 4.79 Å². The number of unbranched alkanes of at least 4 members (excludes halogenated alkanes) is 1. The number of hydrogen-bond donors (Lipinski definition) is 3. The third-order valence-corrected chi connectivity index (χ3v) is 1.73. The normalized spacial score (nSPS) is 12.5. The first kappa shape index (κ1) is 11.1. The van der Waals surface area contributed by atoms with Crippen molar-refractivity contribution >= 4 is 11.6 Å². The van der Waals surface area contributed by atoms with Gasteiger partial charge in [-0.15, -0.1) is 0 Å². The van der Waals surface area contributed by atoms with Gasteiger partial charge in [-0.2, -0.15) is 0 Å². The molecule has 0 amide bonds. The summed E-state index contributed by atoms with van der Waals surface area (Å²) in [5.74, 6) is 0.226. The summed E-state index contributed by atoms with van der Waals surface area (Å²) in [5, 5.41) is 6.94. The van der Waals surface area contributed by atoms with Crippen molar-refractivity contribution < 1.29 is 4.79 Å². The average Bonchev–Trinajstić information content (AvgIpc) is 1.97. The average molecular weight is 171 g/mol. The molecule has 0 saturated carbocycles. The first-order valence-electron chi connectivity index (χ1n) is 4.13. The van der Waals surface area contributed by atoms with Crippen molar-refractivity contribution in [3.8, 4) is 0 Å². The largest absolute Gasteiger partial charge is 0.388 e. The van der Waals surface area contributed by atoms with E-state index in [1.54, 1.807) is 0 Å². The molecule has 0 rings (SSSR count). The first-order chi connectivity index (χ1) is 5.54. The van der Waals surface area contributed by atoms with Crippen molar-refractivity contribution in [3.05, 3.63) is 0 Å². The molecule has 0 aromatic carbocycles. The third-order valence-electron chi connectivity index (χ3n) is 1.73. The van der Waals surface area contributed by atoms with Gasteiger partial charge in [0.2, 0.25) is 0 Å². The standard InChI is InChI=1S/C8H17N3O/c1-6(12)7(9)4-2-3-5-8(10)11/h7H,2-5,9H2,1H3,(H3,10,11)/t7-/m1/s1. The van der Waals surface area contributed by atoms with Gasteiger partial charge in [0, 0.05) is 6.42 Å². The van der Waals surface area contributed by atoms with Crippen LogP contribution in [0.5, 0.6) is 0 Å². The number of amidine groups is 1. The lowest BCUT2D eigenvalue weighted by molar-refractivity contribution is -0.118. The summed E-state index contributed by atoms with van der Waals surface area (Å²) in [5.41, 5.74) is 10.7. The van der Waals surface area contributed by atoms with E-state index < -0.39 is 0 Å². The molecular weight excluding hydrogens is 154 g/mol. The molecule has 4 nitrogen and oxygen atoms in total. The van der Waals surface area contributed by atoms with Gasteiger partial charge in [0.25, 0.3) is 0 Å². The van der Waals surface area contributed by atoms with Crippen molar-refractivity contribution in [2.75, 3.05) is 0 Å². The van der Waals surface area contributed by atoms with Crippen molar-refractivity contribution in [2.45, 2.75) is 38.6 Å². The molecule has 0 saturated heterocycles. The highest BCUT2D eigenvalue weighted by molar-refractivity contribution is 5.81. The summed E-state index contributed by atoms with van der Waals surface area (Å²) in [6.45, 7) is 1.50. The van der Waals surface area contributed by atoms with Crippen LogP contribution >= 0.6 is 0 Å². The van der Waals surface area contributed by atoms with Gasteiger partial charge in [-0.3, -0.25) is 10.2 Å². The van der Waals surface area contributed by atoms with E-state index in [0.717, 1.165) is 12.8 Å². The molecule has 0 spiro atoms. The fourth-order valence-corrected chi connectivity index (χ4v) is 0.883. The Balaban J connectivity index is 3.31. The lowest BCUT2D eigenvalue weighted by Gasteiger charge is -2.06. The van der Waals surface area contributed by atoms with Gasteiger partial charge >= 0.3 is 0 Å². The molecule has 0 heterocycles. The summed E-state index contributed by atoms with van der Waals surface area (Å²) in [4.78, 5) is 10.7. The SMILES string of the molecule is CC(=O)[C@H](N)CCCCC(=N)N. The summed E-state index contributed by atoms with van der Waals surface area (Å²) in [6, 6.07) is -0.336. The molecule has 0 aliphatic rings. The lowest BCUT2D eigenvalue weighted by atomic mass is 10.1. The Hall–Kier alpha value is -0.900. The first-order valence-corrected chi connectivity index (χ1v) is 4.13. The summed E-state index contributed by atoms with van der Waals surface area (Å²) in [7, 11) is 0. The Morgan fingerprint density at radius 2 is 2.08 bits per heavy atom. The molecule has 0 aliphatic heterocycles. The Morgan fingerprint density at radius 1 is 1.50 bits per heavy atom. The molecule has 0 aromatic heterocycles. The van der Waals surface area contributed by atoms with Gasteiger partial charge in [0.15, 0.2) is 0 Å². The van der Waals surface area contributed by atoms with Crippen molar-refractivity contribution in [2.24, 2.45) is 11.5 Å². The summed E-state index contributed by atoms with van der Waals surface area (Å²) < 4.78 is 0. The molecule has 0 radical (unpaired) electrons. The van der Waals surface area contributed by atoms with Gasteiger partial charge in [0.05, 0.1) is 11.9 Å². The highest BCUT2D eigenvalue weighted by Crippen LogP contribution is 2.02. The van der Waals surface area contributed by atoms with Crippen molar-refractivity contribution in [1.82, 2.24) is 0 Å². The van der Waals surface area contributed by atoms with Crippen LogP contribution in [0.1, 0.15) is 32.6 Å². The molecule has 4 heteroatoms. The summed E-state index contributed by atoms with van der Waals surface area (Å²) >= 11 is 0. The molecular formula is C8H17N3O. The molecule has 0 aliphatic carbocycles. The Kier molecular flexibility index (Phi) is 5.28. The maximum Gasteiger partial charge on any atom is 0.146 e. The zero-order valence-electron chi connectivity index (χ0n) is 7.47. The number of nitrogens with two attached hydrogens (primary N) is 2. The van der Waals surface area contributed by atoms with Gasteiger partial charge in [-0.1, -0.05) is 6.42 Å². The topological polar surface area (TPSA) is 93.0 Å². The zero-order chi connectivity index (χ0) is 9.56. The quantitative estimate of drug-likeness (QED) is 0.307. The van der Waals surface area contributed by atoms with Gasteiger partial charge in [-0.25, -0.2) is 0 Å². The highest BCUT2D eigenvalue weighted by atomic mass is 16.1. The second kappa shape index (κ2) is 5.71. The van der Waals surface area contributed by atoms with Gasteiger partial charge < -0.3 is 11.5 Å². The van der Waals surface area contributed by atoms with Crippen LogP contribution in [0.3, 0.4) is 0 Å². The predicted molar refractivity (Wildman–Crippen MR) is 49.0 cm³/mol. The van der Waals surface area contributed by atoms with Crippen LogP contribution in [0.15, 0.2) is 0 Å². The van der Waals surface area contributed by atoms with Crippen molar-refractivity contribution in [3.63, 3.8) is 0 Å². The molecule has 0 fully saturated rings. The molecule has 1 atom stereocenters. The van der Waals surface area contributed by atoms with E-state index in [4.69, 9.17) is 16.9 Å². The zero-order valence-corrected chi connectivity index (χ0v) is 7.47. The van der Waals surface area contributed by atoms with E-state index in [0.29, 0.717) is 12.8 Å². The Labute approximate surface area is 72.8 Å². The van der Waals surface area contributed by atoms with Crippen molar-refractivity contribution in [1.29, 1.82) is 5.41 Å². The van der Waals surface area contributed by atoms with Crippen LogP contribution in [-0.2, 0) is 4.79 Å². The monoisotopic (exact) mass is 171 g/mol. The maximum atomic E-state index is 10.7. The van der Waals surface area contributed by atoms with Crippen LogP contribution in [0.4, 0.5) is 0 Å². The Morgan fingerprint density at radius 3 is 2.50 bits per heavy atom. The molecule has 70 valence electrons. The maximum absolute atomic E-state index is 10.7. The summed E-state index contributed by atoms with van der Waals surface area (Å²) in [6.07, 6.45) is 3.00. The van der Waals surface area contributed by atoms with Crippen LogP contribution in [0, 0.1) is 5.41 Å². The van der Waals surface area contributed by atoms with Crippen LogP contribution in [0.25, 0.3) is 0 Å². The van der Waals surface area contributed by atoms with Crippen LogP contribution in [-0.4, -0.2) is 17.7 Å². The number of rotatable bonds is 6. The number of ketones is 1. The van der Waals surface area contributed by atoms with Crippen LogP contribution < -0.4 is 11.5 Å². The lowest BCUT2D eigenvalue weighted by Crippen LogP contribution is -2.27. The number of hydrogen-bond acceptors (Lipinski definition) is 3. The smallest absolute Gasteiger partial charge is 0.146 e. The number of Topliss-reactive ketones (excluding diaryl/α,β-unsaturated/α-hetero) is 1. The van der Waals surface area contributed by atoms with Gasteiger partial charge in [-0.05, 0) is 19.8 Å². The van der Waals surface area contributed by atoms with E-state index in [-0.39, 0.29) is 17.7 Å². The minimum atomic E-state index is -0.336. The highest BCUT2D eigenvalue weighted by Gasteiger charge is 2.06. The molecule has 5 N–H and O–H groups in total. The second-order valence-corrected chi connectivity index (χ2v) is 2.99. The predicted octanol–water partition coefficient (Wildman–Crippen LogP) is 0.399. The second-order valence-electron chi connectivity index (χ2n) is 2.99. The molecule has 0 aromatic rings. The van der Waals surface area contributed by atoms with E-state index >= 15 is 0 Å². The van der Waals surface area contributed by atoms with E-state index in [1.807, 2.05) is 0 Å². The van der Waals surface area contributed by atoms with Crippen LogP contribution in [0.2, 0.25) is 0 Å². The number of nitrogens with one attached hydrogen (secondary N) is 1. The molecule has 0 bridgehead atoms. The molecule has 12 heavy (non-hydrogen) atoms. The van der Waals surface area contributed by atoms with Gasteiger partial charge in [0.1, 0.15) is 5.78 Å². The fraction of sp³-hybridized carbons (Fsp3) is 0.750. The minimum absolute atomic E-state index is 0.0258. The number of carbonyl (C=O) groups excluding carboxylic acids is 1. The fourth-order valence-electron chi connectivity index (χ4n) is 0.883. The van der Waals surface area contributed by atoms with E-state index in [1.165, 1.54) is 6.92 Å². The number of carbonyl (C=O) groups is 1. The third kappa shape index (κ3) is 5.85. The molecule has 0 unspecified atom stereocenters. The van der Waals surface area contributed by atoms with E-state index in [2.05, 4.69) is 0 Å². The minimum Gasteiger partial charge on any atom is -0.388 e.